The fourth-order valence-electron chi connectivity index (χ4n) is 2.96. The van der Waals surface area contributed by atoms with E-state index in [1.807, 2.05) is 37.4 Å². The summed E-state index contributed by atoms with van der Waals surface area (Å²) in [4.78, 5) is 29.4. The Bertz CT molecular complexity index is 1290. The molecule has 0 aliphatic heterocycles. The van der Waals surface area contributed by atoms with Crippen LogP contribution in [0.2, 0.25) is 0 Å². The lowest BCUT2D eigenvalue weighted by Crippen LogP contribution is -2.25. The minimum Gasteiger partial charge on any atom is -0.505 e. The number of carbonyl (C=O) groups excluding carboxylic acids is 1. The number of aromatic hydroxyl groups is 1. The summed E-state index contributed by atoms with van der Waals surface area (Å²) >= 11 is 1.57. The Hall–Kier alpha value is -3.78. The van der Waals surface area contributed by atoms with E-state index in [0.29, 0.717) is 11.4 Å². The van der Waals surface area contributed by atoms with E-state index in [1.54, 1.807) is 41.7 Å². The van der Waals surface area contributed by atoms with E-state index in [-0.39, 0.29) is 5.69 Å². The highest BCUT2D eigenvalue weighted by Crippen LogP contribution is 2.23. The van der Waals surface area contributed by atoms with Crippen molar-refractivity contribution in [2.45, 2.75) is 13.8 Å². The van der Waals surface area contributed by atoms with Crippen LogP contribution in [-0.2, 0) is 0 Å². The van der Waals surface area contributed by atoms with Crippen LogP contribution in [0.4, 0.5) is 5.69 Å². The number of anilines is 1. The monoisotopic (exact) mass is 418 g/mol. The zero-order valence-electron chi connectivity index (χ0n) is 16.3. The number of benzene rings is 2. The van der Waals surface area contributed by atoms with E-state index >= 15 is 0 Å². The summed E-state index contributed by atoms with van der Waals surface area (Å²) in [5.74, 6) is -1.10. The van der Waals surface area contributed by atoms with Gasteiger partial charge in [-0.25, -0.2) is 4.98 Å². The Kier molecular flexibility index (Phi) is 5.16. The molecule has 2 aromatic heterocycles. The quantitative estimate of drug-likeness (QED) is 0.523. The van der Waals surface area contributed by atoms with Crippen molar-refractivity contribution in [2.24, 2.45) is 0 Å². The Morgan fingerprint density at radius 2 is 1.87 bits per heavy atom. The van der Waals surface area contributed by atoms with Gasteiger partial charge in [-0.15, -0.1) is 11.3 Å². The Labute approximate surface area is 176 Å². The minimum absolute atomic E-state index is 0.240. The first-order valence-electron chi connectivity index (χ1n) is 9.15. The second-order valence-electron chi connectivity index (χ2n) is 6.75. The van der Waals surface area contributed by atoms with E-state index in [1.165, 1.54) is 0 Å². The van der Waals surface area contributed by atoms with E-state index in [2.05, 4.69) is 15.4 Å². The van der Waals surface area contributed by atoms with Gasteiger partial charge in [0.25, 0.3) is 11.5 Å². The molecule has 7 nitrogen and oxygen atoms in total. The fraction of sp³-hybridized carbons (Fsp3) is 0.0909. The summed E-state index contributed by atoms with van der Waals surface area (Å²) in [5.41, 5.74) is 3.02. The van der Waals surface area contributed by atoms with E-state index < -0.39 is 17.2 Å². The van der Waals surface area contributed by atoms with Crippen LogP contribution >= 0.6 is 11.3 Å². The van der Waals surface area contributed by atoms with Gasteiger partial charge in [0.1, 0.15) is 0 Å². The molecule has 0 spiro atoms. The number of thiazole rings is 1. The van der Waals surface area contributed by atoms with Gasteiger partial charge < -0.3 is 10.4 Å². The standard InChI is InChI=1S/C22H18N4O3S/c1-13-4-3-5-17(10-13)26-20(28)11-19(27)21(25-26)22(29)24-16-8-6-15(7-9-16)18-12-30-14(2)23-18/h3-12,27H,1-2H3,(H,24,29). The molecule has 0 aliphatic carbocycles. The van der Waals surface area contributed by atoms with Crippen molar-refractivity contribution in [1.82, 2.24) is 14.8 Å². The van der Waals surface area contributed by atoms with Gasteiger partial charge in [-0.3, -0.25) is 9.59 Å². The predicted molar refractivity (Wildman–Crippen MR) is 116 cm³/mol. The number of rotatable bonds is 4. The third-order valence-electron chi connectivity index (χ3n) is 4.43. The van der Waals surface area contributed by atoms with Crippen molar-refractivity contribution < 1.29 is 9.90 Å². The van der Waals surface area contributed by atoms with E-state index in [0.717, 1.165) is 32.6 Å². The molecule has 8 heteroatoms. The molecule has 0 aliphatic rings. The smallest absolute Gasteiger partial charge is 0.279 e. The van der Waals surface area contributed by atoms with E-state index in [9.17, 15) is 14.7 Å². The maximum Gasteiger partial charge on any atom is 0.279 e. The second-order valence-corrected chi connectivity index (χ2v) is 7.81. The molecule has 0 fully saturated rings. The molecular formula is C22H18N4O3S. The molecule has 2 N–H and O–H groups in total. The molecule has 2 heterocycles. The lowest BCUT2D eigenvalue weighted by atomic mass is 10.1. The largest absolute Gasteiger partial charge is 0.505 e. The van der Waals surface area contributed by atoms with E-state index in [4.69, 9.17) is 0 Å². The highest BCUT2D eigenvalue weighted by molar-refractivity contribution is 7.09. The SMILES string of the molecule is Cc1cccc(-n2nc(C(=O)Nc3ccc(-c4csc(C)n4)cc3)c(O)cc2=O)c1. The first-order valence-corrected chi connectivity index (χ1v) is 10.0. The third kappa shape index (κ3) is 3.99. The normalized spacial score (nSPS) is 10.7. The van der Waals surface area contributed by atoms with Crippen LogP contribution in [0, 0.1) is 13.8 Å². The Balaban J connectivity index is 1.60. The van der Waals surface area contributed by atoms with Gasteiger partial charge in [0.2, 0.25) is 0 Å². The number of aromatic nitrogens is 3. The molecule has 4 aromatic rings. The zero-order chi connectivity index (χ0) is 21.3. The van der Waals surface area contributed by atoms with Crippen LogP contribution in [0.1, 0.15) is 21.1 Å². The average Bonchev–Trinajstić information content (AvgIpc) is 3.15. The molecule has 150 valence electrons. The Morgan fingerprint density at radius 3 is 2.53 bits per heavy atom. The topological polar surface area (TPSA) is 97.1 Å². The highest BCUT2D eigenvalue weighted by atomic mass is 32.1. The number of nitrogens with one attached hydrogen (secondary N) is 1. The maximum absolute atomic E-state index is 12.7. The Morgan fingerprint density at radius 1 is 1.10 bits per heavy atom. The molecule has 4 rings (SSSR count). The summed E-state index contributed by atoms with van der Waals surface area (Å²) in [6, 6.07) is 15.3. The van der Waals surface area contributed by atoms with Crippen molar-refractivity contribution in [3.63, 3.8) is 0 Å². The second kappa shape index (κ2) is 7.92. The predicted octanol–water partition coefficient (Wildman–Crippen LogP) is 3.93. The number of carbonyl (C=O) groups is 1. The molecule has 0 atom stereocenters. The summed E-state index contributed by atoms with van der Waals surface area (Å²) in [5, 5.41) is 19.8. The first kappa shape index (κ1) is 19.5. The van der Waals surface area contributed by atoms with Crippen LogP contribution in [0.5, 0.6) is 5.75 Å². The van der Waals surface area contributed by atoms with Gasteiger partial charge in [-0.2, -0.15) is 9.78 Å². The number of hydrogen-bond donors (Lipinski definition) is 2. The van der Waals surface area contributed by atoms with Crippen LogP contribution < -0.4 is 10.9 Å². The molecule has 30 heavy (non-hydrogen) atoms. The first-order chi connectivity index (χ1) is 14.4. The van der Waals surface area contributed by atoms with Crippen molar-refractivity contribution in [1.29, 1.82) is 0 Å². The lowest BCUT2D eigenvalue weighted by Gasteiger charge is -2.10. The molecule has 0 unspecified atom stereocenters. The summed E-state index contributed by atoms with van der Waals surface area (Å²) in [6.07, 6.45) is 0. The summed E-state index contributed by atoms with van der Waals surface area (Å²) in [7, 11) is 0. The molecule has 0 saturated heterocycles. The number of amides is 1. The zero-order valence-corrected chi connectivity index (χ0v) is 17.1. The van der Waals surface area contributed by atoms with Crippen LogP contribution in [-0.4, -0.2) is 25.8 Å². The maximum atomic E-state index is 12.7. The van der Waals surface area contributed by atoms with Gasteiger partial charge in [0.15, 0.2) is 11.4 Å². The minimum atomic E-state index is -0.619. The van der Waals surface area contributed by atoms with Gasteiger partial charge in [-0.1, -0.05) is 24.3 Å². The third-order valence-corrected chi connectivity index (χ3v) is 5.20. The molecule has 2 aromatic carbocycles. The van der Waals surface area contributed by atoms with Crippen LogP contribution in [0.15, 0.2) is 64.8 Å². The number of aryl methyl sites for hydroxylation is 2. The van der Waals surface area contributed by atoms with Crippen molar-refractivity contribution in [2.75, 3.05) is 5.32 Å². The van der Waals surface area contributed by atoms with Crippen LogP contribution in [0.25, 0.3) is 16.9 Å². The van der Waals surface area contributed by atoms with Crippen molar-refractivity contribution >= 4 is 22.9 Å². The average molecular weight is 418 g/mol. The van der Waals surface area contributed by atoms with Gasteiger partial charge in [0, 0.05) is 22.7 Å². The van der Waals surface area contributed by atoms with Crippen molar-refractivity contribution in [3.8, 4) is 22.7 Å². The molecule has 1 amide bonds. The lowest BCUT2D eigenvalue weighted by molar-refractivity contribution is 0.101. The summed E-state index contributed by atoms with van der Waals surface area (Å²) in [6.45, 7) is 3.83. The van der Waals surface area contributed by atoms with Crippen molar-refractivity contribution in [3.05, 3.63) is 86.6 Å². The number of nitrogens with zero attached hydrogens (tertiary/aromatic N) is 3. The molecule has 0 bridgehead atoms. The summed E-state index contributed by atoms with van der Waals surface area (Å²) < 4.78 is 1.09. The molecule has 0 saturated carbocycles. The van der Waals surface area contributed by atoms with Gasteiger partial charge >= 0.3 is 0 Å². The van der Waals surface area contributed by atoms with Crippen LogP contribution in [0.3, 0.4) is 0 Å². The fourth-order valence-corrected chi connectivity index (χ4v) is 3.59. The molecular weight excluding hydrogens is 400 g/mol. The molecule has 0 radical (unpaired) electrons. The van der Waals surface area contributed by atoms with Gasteiger partial charge in [-0.05, 0) is 43.7 Å². The van der Waals surface area contributed by atoms with Gasteiger partial charge in [0.05, 0.1) is 16.4 Å². The highest BCUT2D eigenvalue weighted by Gasteiger charge is 2.17. The number of hydrogen-bond acceptors (Lipinski definition) is 6.